The third-order valence-corrected chi connectivity index (χ3v) is 10.0. The summed E-state index contributed by atoms with van der Waals surface area (Å²) in [7, 11) is 0. The van der Waals surface area contributed by atoms with Crippen LogP contribution < -0.4 is 4.90 Å². The number of aromatic nitrogens is 1. The van der Waals surface area contributed by atoms with Gasteiger partial charge in [0.25, 0.3) is 0 Å². The lowest BCUT2D eigenvalue weighted by Gasteiger charge is -2.33. The molecule has 0 amide bonds. The van der Waals surface area contributed by atoms with E-state index in [9.17, 15) is 0 Å². The van der Waals surface area contributed by atoms with E-state index in [1.807, 2.05) is 42.5 Å². The van der Waals surface area contributed by atoms with Crippen molar-refractivity contribution in [2.24, 2.45) is 0 Å². The van der Waals surface area contributed by atoms with E-state index in [0.717, 1.165) is 61.8 Å². The molecule has 0 aliphatic heterocycles. The van der Waals surface area contributed by atoms with E-state index >= 15 is 0 Å². The summed E-state index contributed by atoms with van der Waals surface area (Å²) in [6.45, 7) is 0. The van der Waals surface area contributed by atoms with Crippen molar-refractivity contribution in [2.45, 2.75) is 12.5 Å². The van der Waals surface area contributed by atoms with Gasteiger partial charge in [-0.15, -0.1) is 0 Å². The summed E-state index contributed by atoms with van der Waals surface area (Å²) in [5.41, 5.74) is 11.2. The van der Waals surface area contributed by atoms with Gasteiger partial charge in [0.2, 0.25) is 5.89 Å². The first-order valence-electron chi connectivity index (χ1n) is 17.4. The van der Waals surface area contributed by atoms with Crippen LogP contribution in [0.1, 0.15) is 12.0 Å². The summed E-state index contributed by atoms with van der Waals surface area (Å²) in [6.07, 6.45) is 7.90. The smallest absolute Gasteiger partial charge is 0.227 e. The average molecular weight is 657 g/mol. The minimum atomic E-state index is 0.185. The number of rotatable bonds is 6. The highest BCUT2D eigenvalue weighted by Gasteiger charge is 2.21. The van der Waals surface area contributed by atoms with Crippen molar-refractivity contribution >= 4 is 60.8 Å². The quantitative estimate of drug-likeness (QED) is 0.179. The van der Waals surface area contributed by atoms with Gasteiger partial charge in [-0.1, -0.05) is 109 Å². The number of hydrogen-bond donors (Lipinski definition) is 0. The first-order valence-corrected chi connectivity index (χ1v) is 17.4. The zero-order valence-electron chi connectivity index (χ0n) is 27.7. The summed E-state index contributed by atoms with van der Waals surface area (Å²) in [4.78, 5) is 7.33. The van der Waals surface area contributed by atoms with E-state index < -0.39 is 0 Å². The molecule has 1 aliphatic carbocycles. The van der Waals surface area contributed by atoms with Gasteiger partial charge in [-0.05, 0) is 106 Å². The fraction of sp³-hybridized carbons (Fsp3) is 0.0426. The van der Waals surface area contributed by atoms with Gasteiger partial charge in [-0.3, -0.25) is 0 Å². The van der Waals surface area contributed by atoms with E-state index in [0.29, 0.717) is 5.89 Å². The molecule has 0 saturated carbocycles. The van der Waals surface area contributed by atoms with Gasteiger partial charge in [0.15, 0.2) is 5.58 Å². The Hall–Kier alpha value is -6.65. The highest BCUT2D eigenvalue weighted by atomic mass is 16.4. The first kappa shape index (κ1) is 29.3. The summed E-state index contributed by atoms with van der Waals surface area (Å²) >= 11 is 0. The van der Waals surface area contributed by atoms with Crippen LogP contribution in [0.5, 0.6) is 0 Å². The van der Waals surface area contributed by atoms with E-state index in [2.05, 4.69) is 138 Å². The fourth-order valence-electron chi connectivity index (χ4n) is 7.45. The molecule has 4 heteroatoms. The summed E-state index contributed by atoms with van der Waals surface area (Å²) in [5, 5.41) is 4.54. The average Bonchev–Trinajstić information content (AvgIpc) is 3.81. The van der Waals surface area contributed by atoms with Crippen molar-refractivity contribution < 1.29 is 8.83 Å². The third kappa shape index (κ3) is 5.20. The molecule has 0 radical (unpaired) electrons. The molecule has 0 fully saturated rings. The van der Waals surface area contributed by atoms with Gasteiger partial charge in [-0.25, -0.2) is 4.98 Å². The second-order valence-electron chi connectivity index (χ2n) is 13.1. The lowest BCUT2D eigenvalue weighted by atomic mass is 9.94. The number of benzene rings is 7. The fourth-order valence-corrected chi connectivity index (χ4v) is 7.45. The van der Waals surface area contributed by atoms with Crippen molar-refractivity contribution in [1.29, 1.82) is 0 Å². The third-order valence-electron chi connectivity index (χ3n) is 10.0. The number of furan rings is 1. The highest BCUT2D eigenvalue weighted by Crippen LogP contribution is 2.39. The Balaban J connectivity index is 0.957. The van der Waals surface area contributed by atoms with E-state index in [4.69, 9.17) is 13.8 Å². The van der Waals surface area contributed by atoms with Crippen LogP contribution in [0.3, 0.4) is 0 Å². The Morgan fingerprint density at radius 2 is 1.24 bits per heavy atom. The predicted molar refractivity (Wildman–Crippen MR) is 210 cm³/mol. The monoisotopic (exact) mass is 656 g/mol. The predicted octanol–water partition coefficient (Wildman–Crippen LogP) is 12.8. The molecule has 9 aromatic rings. The number of fused-ring (bicyclic) bond motifs is 6. The van der Waals surface area contributed by atoms with Crippen molar-refractivity contribution in [2.75, 3.05) is 4.90 Å². The molecular formula is C47H32N2O2. The number of allylic oxidation sites excluding steroid dienone is 2. The molecule has 2 heterocycles. The molecule has 0 spiro atoms. The molecule has 2 aromatic heterocycles. The molecule has 1 aliphatic rings. The molecule has 10 rings (SSSR count). The maximum Gasteiger partial charge on any atom is 0.227 e. The molecule has 51 heavy (non-hydrogen) atoms. The van der Waals surface area contributed by atoms with Crippen LogP contribution in [0.15, 0.2) is 185 Å². The number of para-hydroxylation sites is 1. The highest BCUT2D eigenvalue weighted by molar-refractivity contribution is 6.17. The first-order chi connectivity index (χ1) is 25.2. The van der Waals surface area contributed by atoms with Gasteiger partial charge in [-0.2, -0.15) is 0 Å². The van der Waals surface area contributed by atoms with Crippen LogP contribution in [0.25, 0.3) is 72.0 Å². The molecule has 0 saturated heterocycles. The Morgan fingerprint density at radius 1 is 0.529 bits per heavy atom. The Kier molecular flexibility index (Phi) is 6.91. The van der Waals surface area contributed by atoms with Gasteiger partial charge in [0.05, 0.1) is 11.4 Å². The van der Waals surface area contributed by atoms with Crippen molar-refractivity contribution in [3.8, 4) is 22.6 Å². The summed E-state index contributed by atoms with van der Waals surface area (Å²) in [6, 6.07) is 55.4. The number of nitrogens with zero attached hydrogens (tertiary/aromatic N) is 2. The normalized spacial score (nSPS) is 14.4. The van der Waals surface area contributed by atoms with Gasteiger partial charge >= 0.3 is 0 Å². The maximum atomic E-state index is 6.40. The standard InChI is InChI=1S/C47H32N2O2/c1-3-10-34(11-4-1)47-48-46-43(51-47)28-27-42-45(46)41-26-21-37(30-44(41)50-42)33-19-24-40(25-20-33)49(38-13-5-2-6-14-38)39-22-17-32(18-23-39)36-16-15-31-9-7-8-12-35(31)29-36/h1-22,24-30,39H,23H2. The van der Waals surface area contributed by atoms with Crippen LogP contribution in [0.4, 0.5) is 11.4 Å². The van der Waals surface area contributed by atoms with Crippen LogP contribution in [0, 0.1) is 0 Å². The van der Waals surface area contributed by atoms with Crippen molar-refractivity contribution in [3.05, 3.63) is 182 Å². The van der Waals surface area contributed by atoms with Crippen molar-refractivity contribution in [1.82, 2.24) is 4.98 Å². The molecule has 4 nitrogen and oxygen atoms in total. The Labute approximate surface area is 295 Å². The molecule has 0 N–H and O–H groups in total. The lowest BCUT2D eigenvalue weighted by molar-refractivity contribution is 0.619. The van der Waals surface area contributed by atoms with Crippen LogP contribution >= 0.6 is 0 Å². The Bertz CT molecular complexity index is 2770. The summed E-state index contributed by atoms with van der Waals surface area (Å²) < 4.78 is 12.6. The van der Waals surface area contributed by atoms with Gasteiger partial charge in [0.1, 0.15) is 16.7 Å². The summed E-state index contributed by atoms with van der Waals surface area (Å²) in [5.74, 6) is 0.610. The van der Waals surface area contributed by atoms with E-state index in [1.54, 1.807) is 0 Å². The van der Waals surface area contributed by atoms with E-state index in [-0.39, 0.29) is 6.04 Å². The van der Waals surface area contributed by atoms with Crippen LogP contribution in [-0.2, 0) is 0 Å². The second kappa shape index (κ2) is 12.0. The van der Waals surface area contributed by atoms with Crippen molar-refractivity contribution in [3.63, 3.8) is 0 Å². The van der Waals surface area contributed by atoms with Crippen LogP contribution in [-0.4, -0.2) is 11.0 Å². The molecule has 7 aromatic carbocycles. The SMILES string of the molecule is C1=CC(N(c2ccccc2)c2ccc(-c3ccc4c(c3)oc3ccc5oc(-c6ccccc6)nc5c34)cc2)CC=C1c1ccc2ccccc2c1. The molecule has 242 valence electrons. The van der Waals surface area contributed by atoms with Crippen LogP contribution in [0.2, 0.25) is 0 Å². The maximum absolute atomic E-state index is 6.40. The minimum Gasteiger partial charge on any atom is -0.456 e. The molecular weight excluding hydrogens is 625 g/mol. The van der Waals surface area contributed by atoms with Gasteiger partial charge in [0, 0.05) is 22.3 Å². The number of oxazole rings is 1. The minimum absolute atomic E-state index is 0.185. The van der Waals surface area contributed by atoms with E-state index in [1.165, 1.54) is 27.6 Å². The molecule has 0 bridgehead atoms. The number of anilines is 2. The largest absolute Gasteiger partial charge is 0.456 e. The van der Waals surface area contributed by atoms with Gasteiger partial charge < -0.3 is 13.7 Å². The lowest BCUT2D eigenvalue weighted by Crippen LogP contribution is -2.30. The molecule has 1 unspecified atom stereocenters. The Morgan fingerprint density at radius 3 is 2.04 bits per heavy atom. The zero-order chi connectivity index (χ0) is 33.7. The molecule has 1 atom stereocenters. The second-order valence-corrected chi connectivity index (χ2v) is 13.1. The zero-order valence-corrected chi connectivity index (χ0v) is 27.7. The number of hydrogen-bond acceptors (Lipinski definition) is 4. The topological polar surface area (TPSA) is 42.4 Å².